The van der Waals surface area contributed by atoms with E-state index in [4.69, 9.17) is 9.47 Å². The number of hydrogen-bond donors (Lipinski definition) is 2. The van der Waals surface area contributed by atoms with Crippen molar-refractivity contribution < 1.29 is 19.4 Å². The van der Waals surface area contributed by atoms with Gasteiger partial charge in [-0.25, -0.2) is 4.98 Å². The number of pyridine rings is 1. The lowest BCUT2D eigenvalue weighted by molar-refractivity contribution is -0.137. The SMILES string of the molecule is CC[C@H](CC(=O)O)c1ccc(N(CC)C2CCOCC2)c(Nc2ccc(OC)cn2)c1. The van der Waals surface area contributed by atoms with Gasteiger partial charge >= 0.3 is 5.97 Å². The third-order valence-corrected chi connectivity index (χ3v) is 5.92. The molecule has 31 heavy (non-hydrogen) atoms. The number of carboxylic acid groups (broad SMARTS) is 1. The molecule has 1 atom stereocenters. The topological polar surface area (TPSA) is 83.9 Å². The Morgan fingerprint density at radius 1 is 1.29 bits per heavy atom. The van der Waals surface area contributed by atoms with Crippen LogP contribution in [0.3, 0.4) is 0 Å². The van der Waals surface area contributed by atoms with Crippen LogP contribution in [0.4, 0.5) is 17.2 Å². The molecule has 7 nitrogen and oxygen atoms in total. The number of aliphatic carboxylic acids is 1. The molecular formula is C24H33N3O4. The molecule has 0 saturated carbocycles. The first-order valence-corrected chi connectivity index (χ1v) is 11.0. The highest BCUT2D eigenvalue weighted by atomic mass is 16.5. The smallest absolute Gasteiger partial charge is 0.303 e. The van der Waals surface area contributed by atoms with Crippen LogP contribution in [0.25, 0.3) is 0 Å². The van der Waals surface area contributed by atoms with E-state index in [0.29, 0.717) is 17.6 Å². The predicted octanol–water partition coefficient (Wildman–Crippen LogP) is 4.81. The summed E-state index contributed by atoms with van der Waals surface area (Å²) in [4.78, 5) is 18.2. The Kier molecular flexibility index (Phi) is 8.12. The summed E-state index contributed by atoms with van der Waals surface area (Å²) in [7, 11) is 1.62. The largest absolute Gasteiger partial charge is 0.495 e. The Balaban J connectivity index is 1.97. The summed E-state index contributed by atoms with van der Waals surface area (Å²) in [5.74, 6) is 0.603. The number of hydrogen-bond acceptors (Lipinski definition) is 6. The van der Waals surface area contributed by atoms with Gasteiger partial charge in [-0.3, -0.25) is 4.79 Å². The van der Waals surface area contributed by atoms with E-state index in [1.165, 1.54) is 0 Å². The molecule has 2 aromatic rings. The number of methoxy groups -OCH3 is 1. The molecule has 2 N–H and O–H groups in total. The zero-order valence-electron chi connectivity index (χ0n) is 18.6. The van der Waals surface area contributed by atoms with Crippen LogP contribution in [0, 0.1) is 0 Å². The van der Waals surface area contributed by atoms with Crippen molar-refractivity contribution in [1.82, 2.24) is 4.98 Å². The summed E-state index contributed by atoms with van der Waals surface area (Å²) in [6.45, 7) is 6.62. The fourth-order valence-corrected chi connectivity index (χ4v) is 4.20. The fourth-order valence-electron chi connectivity index (χ4n) is 4.20. The van der Waals surface area contributed by atoms with E-state index < -0.39 is 5.97 Å². The highest BCUT2D eigenvalue weighted by Crippen LogP contribution is 2.36. The Morgan fingerprint density at radius 2 is 2.06 bits per heavy atom. The van der Waals surface area contributed by atoms with E-state index >= 15 is 0 Å². The number of ether oxygens (including phenoxy) is 2. The lowest BCUT2D eigenvalue weighted by Crippen LogP contribution is -2.39. The number of rotatable bonds is 10. The van der Waals surface area contributed by atoms with Gasteiger partial charge in [0.05, 0.1) is 31.1 Å². The maximum absolute atomic E-state index is 11.3. The molecule has 168 valence electrons. The van der Waals surface area contributed by atoms with Gasteiger partial charge in [0.2, 0.25) is 0 Å². The quantitative estimate of drug-likeness (QED) is 0.563. The number of anilines is 3. The summed E-state index contributed by atoms with van der Waals surface area (Å²) < 4.78 is 10.8. The zero-order valence-corrected chi connectivity index (χ0v) is 18.6. The van der Waals surface area contributed by atoms with Gasteiger partial charge < -0.3 is 24.8 Å². The molecule has 1 saturated heterocycles. The molecule has 1 aliphatic heterocycles. The van der Waals surface area contributed by atoms with Gasteiger partial charge in [-0.05, 0) is 61.9 Å². The van der Waals surface area contributed by atoms with Crippen LogP contribution in [0.1, 0.15) is 51.0 Å². The second-order valence-electron chi connectivity index (χ2n) is 7.82. The van der Waals surface area contributed by atoms with Crippen molar-refractivity contribution in [2.45, 2.75) is 51.5 Å². The standard InChI is InChI=1S/C24H33N3O4/c1-4-17(15-24(28)29)18-6-8-22(27(5-2)19-10-12-31-13-11-19)21(14-18)26-23-9-7-20(30-3)16-25-23/h6-9,14,16-17,19H,4-5,10-13,15H2,1-3H3,(H,25,26)(H,28,29)/t17-/m1/s1. The minimum absolute atomic E-state index is 0.0333. The molecule has 7 heteroatoms. The van der Waals surface area contributed by atoms with E-state index in [-0.39, 0.29) is 12.3 Å². The van der Waals surface area contributed by atoms with Crippen LogP contribution in [0.5, 0.6) is 5.75 Å². The summed E-state index contributed by atoms with van der Waals surface area (Å²) in [5, 5.41) is 12.8. The van der Waals surface area contributed by atoms with E-state index in [1.54, 1.807) is 13.3 Å². The summed E-state index contributed by atoms with van der Waals surface area (Å²) in [5.41, 5.74) is 3.06. The van der Waals surface area contributed by atoms with Gasteiger partial charge in [-0.1, -0.05) is 13.0 Å². The van der Waals surface area contributed by atoms with Gasteiger partial charge in [0.15, 0.2) is 0 Å². The van der Waals surface area contributed by atoms with Crippen LogP contribution in [-0.4, -0.2) is 49.0 Å². The number of benzene rings is 1. The lowest BCUT2D eigenvalue weighted by Gasteiger charge is -2.36. The normalized spacial score (nSPS) is 15.3. The Morgan fingerprint density at radius 3 is 2.65 bits per heavy atom. The first kappa shape index (κ1) is 22.9. The summed E-state index contributed by atoms with van der Waals surface area (Å²) in [6.07, 6.45) is 4.55. The monoisotopic (exact) mass is 427 g/mol. The van der Waals surface area contributed by atoms with Gasteiger partial charge in [-0.2, -0.15) is 0 Å². The van der Waals surface area contributed by atoms with Crippen molar-refractivity contribution in [2.24, 2.45) is 0 Å². The van der Waals surface area contributed by atoms with Crippen molar-refractivity contribution in [2.75, 3.05) is 37.1 Å². The van der Waals surface area contributed by atoms with Crippen LogP contribution in [-0.2, 0) is 9.53 Å². The first-order chi connectivity index (χ1) is 15.0. The highest BCUT2D eigenvalue weighted by molar-refractivity contribution is 5.76. The fraction of sp³-hybridized carbons (Fsp3) is 0.500. The molecule has 0 aliphatic carbocycles. The minimum Gasteiger partial charge on any atom is -0.495 e. The number of nitrogens with zero attached hydrogens (tertiary/aromatic N) is 2. The molecule has 1 aliphatic rings. The van der Waals surface area contributed by atoms with Crippen LogP contribution in [0.15, 0.2) is 36.5 Å². The third-order valence-electron chi connectivity index (χ3n) is 5.92. The molecule has 0 bridgehead atoms. The van der Waals surface area contributed by atoms with Gasteiger partial charge in [0.25, 0.3) is 0 Å². The number of aromatic nitrogens is 1. The number of nitrogens with one attached hydrogen (secondary N) is 1. The molecule has 0 radical (unpaired) electrons. The predicted molar refractivity (Wildman–Crippen MR) is 123 cm³/mol. The van der Waals surface area contributed by atoms with E-state index in [0.717, 1.165) is 56.0 Å². The molecule has 1 aromatic carbocycles. The second kappa shape index (κ2) is 11.0. The number of carboxylic acids is 1. The Labute approximate surface area is 184 Å². The van der Waals surface area contributed by atoms with Crippen molar-refractivity contribution in [3.8, 4) is 5.75 Å². The van der Waals surface area contributed by atoms with Gasteiger partial charge in [0, 0.05) is 25.8 Å². The van der Waals surface area contributed by atoms with E-state index in [2.05, 4.69) is 40.3 Å². The van der Waals surface area contributed by atoms with Crippen LogP contribution >= 0.6 is 0 Å². The summed E-state index contributed by atoms with van der Waals surface area (Å²) >= 11 is 0. The number of carbonyl (C=O) groups is 1. The minimum atomic E-state index is -0.778. The van der Waals surface area contributed by atoms with Gasteiger partial charge in [0.1, 0.15) is 11.6 Å². The van der Waals surface area contributed by atoms with Crippen molar-refractivity contribution >= 4 is 23.2 Å². The van der Waals surface area contributed by atoms with Crippen molar-refractivity contribution in [1.29, 1.82) is 0 Å². The first-order valence-electron chi connectivity index (χ1n) is 11.0. The second-order valence-corrected chi connectivity index (χ2v) is 7.82. The zero-order chi connectivity index (χ0) is 22.2. The Bertz CT molecular complexity index is 850. The average Bonchev–Trinajstić information content (AvgIpc) is 2.80. The average molecular weight is 428 g/mol. The van der Waals surface area contributed by atoms with Crippen molar-refractivity contribution in [3.63, 3.8) is 0 Å². The van der Waals surface area contributed by atoms with Crippen LogP contribution < -0.4 is 15.0 Å². The third kappa shape index (κ3) is 5.88. The van der Waals surface area contributed by atoms with E-state index in [1.807, 2.05) is 19.1 Å². The molecule has 3 rings (SSSR count). The molecule has 0 unspecified atom stereocenters. The molecule has 1 aromatic heterocycles. The maximum atomic E-state index is 11.3. The van der Waals surface area contributed by atoms with E-state index in [9.17, 15) is 9.90 Å². The maximum Gasteiger partial charge on any atom is 0.303 e. The molecule has 0 amide bonds. The van der Waals surface area contributed by atoms with Crippen LogP contribution in [0.2, 0.25) is 0 Å². The van der Waals surface area contributed by atoms with Gasteiger partial charge in [-0.15, -0.1) is 0 Å². The summed E-state index contributed by atoms with van der Waals surface area (Å²) in [6, 6.07) is 10.4. The molecule has 0 spiro atoms. The lowest BCUT2D eigenvalue weighted by atomic mass is 9.92. The van der Waals surface area contributed by atoms with Crippen molar-refractivity contribution in [3.05, 3.63) is 42.1 Å². The molecule has 1 fully saturated rings. The highest BCUT2D eigenvalue weighted by Gasteiger charge is 2.24. The Hall–Kier alpha value is -2.80. The molecule has 2 heterocycles. The molecular weight excluding hydrogens is 394 g/mol.